The van der Waals surface area contributed by atoms with Crippen molar-refractivity contribution in [1.29, 1.82) is 0 Å². The minimum atomic E-state index is -0.223. The van der Waals surface area contributed by atoms with Crippen LogP contribution >= 0.6 is 11.6 Å². The molecular weight excluding hydrogens is 288 g/mol. The Morgan fingerprint density at radius 3 is 2.29 bits per heavy atom. The molecule has 0 aromatic heterocycles. The molecule has 0 fully saturated rings. The maximum absolute atomic E-state index is 11.8. The number of amides is 2. The first-order valence-electron chi connectivity index (χ1n) is 6.54. The summed E-state index contributed by atoms with van der Waals surface area (Å²) in [7, 11) is 0. The number of hydrogen-bond acceptors (Lipinski definition) is 2. The van der Waals surface area contributed by atoms with Gasteiger partial charge in [0, 0.05) is 29.2 Å². The highest BCUT2D eigenvalue weighted by atomic mass is 35.5. The quantitative estimate of drug-likeness (QED) is 0.891. The van der Waals surface area contributed by atoms with E-state index in [9.17, 15) is 9.59 Å². The zero-order chi connectivity index (χ0) is 15.1. The summed E-state index contributed by atoms with van der Waals surface area (Å²) in [5.41, 5.74) is 1.26. The number of carbonyl (C=O) groups is 2. The number of hydrogen-bond donors (Lipinski definition) is 2. The molecule has 0 radical (unpaired) electrons. The summed E-state index contributed by atoms with van der Waals surface area (Å²) in [4.78, 5) is 23.5. The van der Waals surface area contributed by atoms with Gasteiger partial charge in [0.15, 0.2) is 0 Å². The summed E-state index contributed by atoms with van der Waals surface area (Å²) in [5.74, 6) is -0.364. The Kier molecular flexibility index (Phi) is 5.35. The summed E-state index contributed by atoms with van der Waals surface area (Å²) < 4.78 is 0. The van der Waals surface area contributed by atoms with Crippen LogP contribution in [0, 0.1) is 0 Å². The third kappa shape index (κ3) is 4.93. The van der Waals surface area contributed by atoms with E-state index in [2.05, 4.69) is 10.6 Å². The van der Waals surface area contributed by atoms with E-state index < -0.39 is 0 Å². The Morgan fingerprint density at radius 1 is 0.952 bits per heavy atom. The number of para-hydroxylation sites is 1. The van der Waals surface area contributed by atoms with Crippen molar-refractivity contribution in [2.75, 3.05) is 11.9 Å². The number of anilines is 1. The zero-order valence-electron chi connectivity index (χ0n) is 11.3. The first-order chi connectivity index (χ1) is 10.1. The number of benzene rings is 2. The molecule has 4 nitrogen and oxygen atoms in total. The van der Waals surface area contributed by atoms with Gasteiger partial charge in [-0.05, 0) is 36.4 Å². The van der Waals surface area contributed by atoms with E-state index in [1.165, 1.54) is 0 Å². The largest absolute Gasteiger partial charge is 0.352 e. The van der Waals surface area contributed by atoms with Crippen molar-refractivity contribution in [2.24, 2.45) is 0 Å². The average molecular weight is 303 g/mol. The van der Waals surface area contributed by atoms with Crippen molar-refractivity contribution in [3.8, 4) is 0 Å². The lowest BCUT2D eigenvalue weighted by Crippen LogP contribution is -2.27. The van der Waals surface area contributed by atoms with Crippen molar-refractivity contribution in [1.82, 2.24) is 5.32 Å². The molecule has 0 bridgehead atoms. The van der Waals surface area contributed by atoms with Crippen molar-refractivity contribution in [3.05, 3.63) is 65.2 Å². The van der Waals surface area contributed by atoms with E-state index in [1.54, 1.807) is 24.3 Å². The second-order valence-electron chi connectivity index (χ2n) is 4.43. The number of rotatable bonds is 5. The van der Waals surface area contributed by atoms with E-state index >= 15 is 0 Å². The van der Waals surface area contributed by atoms with Gasteiger partial charge in [0.25, 0.3) is 5.91 Å². The Labute approximate surface area is 128 Å². The maximum Gasteiger partial charge on any atom is 0.251 e. The van der Waals surface area contributed by atoms with Crippen LogP contribution in [0.3, 0.4) is 0 Å². The van der Waals surface area contributed by atoms with Crippen LogP contribution in [0.1, 0.15) is 16.8 Å². The van der Waals surface area contributed by atoms with Gasteiger partial charge < -0.3 is 10.6 Å². The van der Waals surface area contributed by atoms with Crippen LogP contribution in [-0.2, 0) is 4.79 Å². The van der Waals surface area contributed by atoms with Crippen LogP contribution in [0.25, 0.3) is 0 Å². The molecule has 0 spiro atoms. The number of halogens is 1. The van der Waals surface area contributed by atoms with Crippen molar-refractivity contribution in [2.45, 2.75) is 6.42 Å². The molecule has 5 heteroatoms. The predicted octanol–water partition coefficient (Wildman–Crippen LogP) is 3.10. The minimum Gasteiger partial charge on any atom is -0.352 e. The lowest BCUT2D eigenvalue weighted by molar-refractivity contribution is -0.116. The van der Waals surface area contributed by atoms with Crippen molar-refractivity contribution in [3.63, 3.8) is 0 Å². The Hall–Kier alpha value is -2.33. The summed E-state index contributed by atoms with van der Waals surface area (Å²) in [6.45, 7) is 0.278. The first-order valence-corrected chi connectivity index (χ1v) is 6.91. The van der Waals surface area contributed by atoms with E-state index in [0.29, 0.717) is 10.6 Å². The lowest BCUT2D eigenvalue weighted by Gasteiger charge is -2.06. The second-order valence-corrected chi connectivity index (χ2v) is 4.86. The van der Waals surface area contributed by atoms with Crippen LogP contribution < -0.4 is 10.6 Å². The fourth-order valence-electron chi connectivity index (χ4n) is 1.74. The summed E-state index contributed by atoms with van der Waals surface area (Å²) >= 11 is 5.75. The fraction of sp³-hybridized carbons (Fsp3) is 0.125. The van der Waals surface area contributed by atoms with E-state index in [-0.39, 0.29) is 24.8 Å². The summed E-state index contributed by atoms with van der Waals surface area (Å²) in [6.07, 6.45) is 0.216. The molecular formula is C16H15ClN2O2. The molecule has 0 atom stereocenters. The standard InChI is InChI=1S/C16H15ClN2O2/c17-13-8-6-12(7-9-13)16(21)18-11-10-15(20)19-14-4-2-1-3-5-14/h1-9H,10-11H2,(H,18,21)(H,19,20). The highest BCUT2D eigenvalue weighted by Gasteiger charge is 2.06. The van der Waals surface area contributed by atoms with Gasteiger partial charge in [-0.2, -0.15) is 0 Å². The number of nitrogens with one attached hydrogen (secondary N) is 2. The molecule has 0 heterocycles. The lowest BCUT2D eigenvalue weighted by atomic mass is 10.2. The van der Waals surface area contributed by atoms with E-state index in [4.69, 9.17) is 11.6 Å². The SMILES string of the molecule is O=C(CCNC(=O)c1ccc(Cl)cc1)Nc1ccccc1. The molecule has 0 aliphatic heterocycles. The Bertz CT molecular complexity index is 612. The molecule has 0 aliphatic carbocycles. The maximum atomic E-state index is 11.8. The third-order valence-electron chi connectivity index (χ3n) is 2.80. The van der Waals surface area contributed by atoms with Gasteiger partial charge in [-0.25, -0.2) is 0 Å². The predicted molar refractivity (Wildman–Crippen MR) is 83.5 cm³/mol. The second kappa shape index (κ2) is 7.45. The molecule has 2 aromatic rings. The zero-order valence-corrected chi connectivity index (χ0v) is 12.1. The van der Waals surface area contributed by atoms with Crippen molar-refractivity contribution >= 4 is 29.1 Å². The van der Waals surface area contributed by atoms with Gasteiger partial charge in [0.2, 0.25) is 5.91 Å². The highest BCUT2D eigenvalue weighted by molar-refractivity contribution is 6.30. The Morgan fingerprint density at radius 2 is 1.62 bits per heavy atom. The fourth-order valence-corrected chi connectivity index (χ4v) is 1.86. The van der Waals surface area contributed by atoms with E-state index in [0.717, 1.165) is 5.69 Å². The summed E-state index contributed by atoms with van der Waals surface area (Å²) in [6, 6.07) is 15.8. The molecule has 0 unspecified atom stereocenters. The monoisotopic (exact) mass is 302 g/mol. The van der Waals surface area contributed by atoms with Crippen LogP contribution in [0.4, 0.5) is 5.69 Å². The van der Waals surface area contributed by atoms with Crippen LogP contribution in [0.5, 0.6) is 0 Å². The number of carbonyl (C=O) groups excluding carboxylic acids is 2. The van der Waals surface area contributed by atoms with Gasteiger partial charge in [-0.1, -0.05) is 29.8 Å². The molecule has 2 amide bonds. The van der Waals surface area contributed by atoms with Gasteiger partial charge in [0.1, 0.15) is 0 Å². The van der Waals surface area contributed by atoms with Crippen LogP contribution in [0.2, 0.25) is 5.02 Å². The molecule has 0 saturated carbocycles. The van der Waals surface area contributed by atoms with Crippen molar-refractivity contribution < 1.29 is 9.59 Å². The highest BCUT2D eigenvalue weighted by Crippen LogP contribution is 2.09. The van der Waals surface area contributed by atoms with Crippen LogP contribution in [0.15, 0.2) is 54.6 Å². The summed E-state index contributed by atoms with van der Waals surface area (Å²) in [5, 5.41) is 6.03. The first kappa shape index (κ1) is 15.1. The molecule has 2 rings (SSSR count). The molecule has 108 valence electrons. The van der Waals surface area contributed by atoms with Gasteiger partial charge in [0.05, 0.1) is 0 Å². The normalized spacial score (nSPS) is 9.95. The van der Waals surface area contributed by atoms with E-state index in [1.807, 2.05) is 30.3 Å². The Balaban J connectivity index is 1.75. The molecule has 2 aromatic carbocycles. The minimum absolute atomic E-state index is 0.141. The van der Waals surface area contributed by atoms with Gasteiger partial charge in [-0.15, -0.1) is 0 Å². The smallest absolute Gasteiger partial charge is 0.251 e. The van der Waals surface area contributed by atoms with Crippen LogP contribution in [-0.4, -0.2) is 18.4 Å². The van der Waals surface area contributed by atoms with Gasteiger partial charge in [-0.3, -0.25) is 9.59 Å². The molecule has 0 aliphatic rings. The molecule has 0 saturated heterocycles. The third-order valence-corrected chi connectivity index (χ3v) is 3.05. The van der Waals surface area contributed by atoms with Gasteiger partial charge >= 0.3 is 0 Å². The average Bonchev–Trinajstić information content (AvgIpc) is 2.49. The topological polar surface area (TPSA) is 58.2 Å². The molecule has 21 heavy (non-hydrogen) atoms. The molecule has 2 N–H and O–H groups in total.